The van der Waals surface area contributed by atoms with Crippen molar-refractivity contribution in [3.8, 4) is 0 Å². The molecule has 3 N–H and O–H groups in total. The van der Waals surface area contributed by atoms with Crippen LogP contribution in [0.15, 0.2) is 23.1 Å². The molecule has 0 saturated carbocycles. The highest BCUT2D eigenvalue weighted by molar-refractivity contribution is 7.90. The summed E-state index contributed by atoms with van der Waals surface area (Å²) in [6.07, 6.45) is 0.898. The van der Waals surface area contributed by atoms with Crippen LogP contribution >= 0.6 is 0 Å². The topological polar surface area (TPSA) is 84.0 Å². The maximum Gasteiger partial charge on any atom is 0.178 e. The Labute approximate surface area is 81.0 Å². The van der Waals surface area contributed by atoms with E-state index in [0.717, 1.165) is 12.3 Å². The Kier molecular flexibility index (Phi) is 2.57. The minimum atomic E-state index is -3.62. The summed E-state index contributed by atoms with van der Waals surface area (Å²) in [5, 5.41) is 7.02. The summed E-state index contributed by atoms with van der Waals surface area (Å²) in [5.41, 5.74) is 4.87. The van der Waals surface area contributed by atoms with E-state index in [2.05, 4.69) is 0 Å². The number of halogens is 1. The Balaban J connectivity index is 3.51. The molecule has 0 aliphatic carbocycles. The quantitative estimate of drug-likeness (QED) is 0.558. The van der Waals surface area contributed by atoms with Crippen molar-refractivity contribution in [2.75, 3.05) is 6.26 Å². The van der Waals surface area contributed by atoms with Crippen LogP contribution in [0.5, 0.6) is 0 Å². The summed E-state index contributed by atoms with van der Waals surface area (Å²) in [7, 11) is -3.62. The first-order valence-electron chi connectivity index (χ1n) is 3.67. The Morgan fingerprint density at radius 1 is 1.50 bits per heavy atom. The number of amidine groups is 1. The first kappa shape index (κ1) is 10.6. The number of hydrogen-bond acceptors (Lipinski definition) is 3. The standard InChI is InChI=1S/C8H9FN2O2S/c1-14(12,13)6-4-2-3-5(7(6)9)8(10)11/h2-4H,1H3,(H3,10,11). The molecule has 0 saturated heterocycles. The number of hydrogen-bond donors (Lipinski definition) is 2. The van der Waals surface area contributed by atoms with Gasteiger partial charge in [-0.1, -0.05) is 6.07 Å². The number of benzene rings is 1. The van der Waals surface area contributed by atoms with Crippen LogP contribution in [0.4, 0.5) is 4.39 Å². The van der Waals surface area contributed by atoms with Gasteiger partial charge < -0.3 is 5.73 Å². The molecule has 0 aliphatic heterocycles. The van der Waals surface area contributed by atoms with E-state index in [4.69, 9.17) is 11.1 Å². The molecule has 0 fully saturated rings. The van der Waals surface area contributed by atoms with Gasteiger partial charge in [-0.15, -0.1) is 0 Å². The molecule has 0 bridgehead atoms. The number of nitrogen functional groups attached to an aromatic ring is 1. The second kappa shape index (κ2) is 3.38. The normalized spacial score (nSPS) is 11.3. The molecule has 0 radical (unpaired) electrons. The summed E-state index contributed by atoms with van der Waals surface area (Å²) < 4.78 is 35.6. The third kappa shape index (κ3) is 1.90. The van der Waals surface area contributed by atoms with Crippen LogP contribution in [0.2, 0.25) is 0 Å². The second-order valence-corrected chi connectivity index (χ2v) is 4.79. The largest absolute Gasteiger partial charge is 0.384 e. The lowest BCUT2D eigenvalue weighted by molar-refractivity contribution is 0.569. The number of nitrogens with two attached hydrogens (primary N) is 1. The molecule has 0 heterocycles. The van der Waals surface area contributed by atoms with Crippen molar-refractivity contribution in [3.05, 3.63) is 29.6 Å². The zero-order valence-electron chi connectivity index (χ0n) is 7.41. The summed E-state index contributed by atoms with van der Waals surface area (Å²) in [4.78, 5) is -0.440. The lowest BCUT2D eigenvalue weighted by Gasteiger charge is -2.04. The van der Waals surface area contributed by atoms with E-state index >= 15 is 0 Å². The molecule has 6 heteroatoms. The van der Waals surface area contributed by atoms with Crippen molar-refractivity contribution < 1.29 is 12.8 Å². The van der Waals surface area contributed by atoms with Crippen molar-refractivity contribution >= 4 is 15.7 Å². The van der Waals surface area contributed by atoms with E-state index in [0.29, 0.717) is 0 Å². The fourth-order valence-electron chi connectivity index (χ4n) is 1.01. The number of rotatable bonds is 2. The third-order valence-corrected chi connectivity index (χ3v) is 2.77. The molecule has 0 aromatic heterocycles. The fraction of sp³-hybridized carbons (Fsp3) is 0.125. The van der Waals surface area contributed by atoms with Crippen molar-refractivity contribution in [1.29, 1.82) is 5.41 Å². The predicted molar refractivity (Wildman–Crippen MR) is 50.5 cm³/mol. The highest BCUT2D eigenvalue weighted by atomic mass is 32.2. The lowest BCUT2D eigenvalue weighted by atomic mass is 10.2. The molecule has 0 amide bonds. The van der Waals surface area contributed by atoms with Crippen LogP contribution in [0.25, 0.3) is 0 Å². The average molecular weight is 216 g/mol. The third-order valence-electron chi connectivity index (χ3n) is 1.65. The average Bonchev–Trinajstić information content (AvgIpc) is 2.01. The van der Waals surface area contributed by atoms with Crippen LogP contribution < -0.4 is 5.73 Å². The molecule has 14 heavy (non-hydrogen) atoms. The molecule has 1 aromatic carbocycles. The maximum absolute atomic E-state index is 13.4. The van der Waals surface area contributed by atoms with Gasteiger partial charge in [-0.05, 0) is 12.1 Å². The van der Waals surface area contributed by atoms with E-state index in [1.807, 2.05) is 0 Å². The molecular weight excluding hydrogens is 207 g/mol. The van der Waals surface area contributed by atoms with E-state index in [1.54, 1.807) is 0 Å². The van der Waals surface area contributed by atoms with Crippen LogP contribution in [-0.2, 0) is 9.84 Å². The van der Waals surface area contributed by atoms with Gasteiger partial charge in [-0.3, -0.25) is 5.41 Å². The number of sulfone groups is 1. The van der Waals surface area contributed by atoms with Gasteiger partial charge in [0.25, 0.3) is 0 Å². The highest BCUT2D eigenvalue weighted by Crippen LogP contribution is 2.17. The Bertz CT molecular complexity index is 482. The van der Waals surface area contributed by atoms with Crippen LogP contribution in [0.1, 0.15) is 5.56 Å². The molecule has 76 valence electrons. The summed E-state index contributed by atoms with van der Waals surface area (Å²) >= 11 is 0. The van der Waals surface area contributed by atoms with Gasteiger partial charge in [0.15, 0.2) is 15.7 Å². The van der Waals surface area contributed by atoms with Crippen molar-refractivity contribution in [3.63, 3.8) is 0 Å². The van der Waals surface area contributed by atoms with E-state index in [-0.39, 0.29) is 5.56 Å². The van der Waals surface area contributed by atoms with Crippen LogP contribution in [-0.4, -0.2) is 20.5 Å². The Morgan fingerprint density at radius 3 is 2.50 bits per heavy atom. The smallest absolute Gasteiger partial charge is 0.178 e. The first-order valence-corrected chi connectivity index (χ1v) is 5.56. The Hall–Kier alpha value is -1.43. The van der Waals surface area contributed by atoms with E-state index in [1.165, 1.54) is 12.1 Å². The van der Waals surface area contributed by atoms with Crippen LogP contribution in [0.3, 0.4) is 0 Å². The van der Waals surface area contributed by atoms with Crippen molar-refractivity contribution in [2.24, 2.45) is 5.73 Å². The zero-order valence-corrected chi connectivity index (χ0v) is 8.23. The number of nitrogens with one attached hydrogen (secondary N) is 1. The zero-order chi connectivity index (χ0) is 10.9. The Morgan fingerprint density at radius 2 is 2.07 bits per heavy atom. The van der Waals surface area contributed by atoms with Gasteiger partial charge >= 0.3 is 0 Å². The molecule has 1 rings (SSSR count). The molecule has 1 aromatic rings. The molecule has 0 unspecified atom stereocenters. The monoisotopic (exact) mass is 216 g/mol. The SMILES string of the molecule is CS(=O)(=O)c1cccc(C(=N)N)c1F. The lowest BCUT2D eigenvalue weighted by Crippen LogP contribution is -2.15. The molecule has 0 spiro atoms. The first-order chi connectivity index (χ1) is 6.34. The summed E-state index contributed by atoms with van der Waals surface area (Å²) in [6.45, 7) is 0. The maximum atomic E-state index is 13.4. The molecule has 4 nitrogen and oxygen atoms in total. The van der Waals surface area contributed by atoms with Gasteiger partial charge in [0.05, 0.1) is 5.56 Å². The summed E-state index contributed by atoms with van der Waals surface area (Å²) in [5.74, 6) is -1.46. The minimum Gasteiger partial charge on any atom is -0.384 e. The van der Waals surface area contributed by atoms with E-state index < -0.39 is 26.4 Å². The highest BCUT2D eigenvalue weighted by Gasteiger charge is 2.17. The minimum absolute atomic E-state index is 0.201. The fourth-order valence-corrected chi connectivity index (χ4v) is 1.77. The molecule has 0 aliphatic rings. The van der Waals surface area contributed by atoms with Crippen LogP contribution in [0, 0.1) is 11.2 Å². The predicted octanol–water partition coefficient (Wildman–Crippen LogP) is 0.513. The van der Waals surface area contributed by atoms with E-state index in [9.17, 15) is 12.8 Å². The van der Waals surface area contributed by atoms with Gasteiger partial charge in [-0.25, -0.2) is 12.8 Å². The van der Waals surface area contributed by atoms with Gasteiger partial charge in [0.1, 0.15) is 10.7 Å². The van der Waals surface area contributed by atoms with Crippen molar-refractivity contribution in [2.45, 2.75) is 4.90 Å². The summed E-state index contributed by atoms with van der Waals surface area (Å²) in [6, 6.07) is 3.74. The van der Waals surface area contributed by atoms with Gasteiger partial charge in [0, 0.05) is 6.26 Å². The van der Waals surface area contributed by atoms with Gasteiger partial charge in [-0.2, -0.15) is 0 Å². The van der Waals surface area contributed by atoms with Gasteiger partial charge in [0.2, 0.25) is 0 Å². The molecule has 0 atom stereocenters. The van der Waals surface area contributed by atoms with Crippen molar-refractivity contribution in [1.82, 2.24) is 0 Å². The molecular formula is C8H9FN2O2S. The second-order valence-electron chi connectivity index (χ2n) is 2.80.